The first-order valence-electron chi connectivity index (χ1n) is 5.61. The van der Waals surface area contributed by atoms with E-state index < -0.39 is 5.97 Å². The molecule has 0 aliphatic heterocycles. The molecule has 2 rings (SSSR count). The molecule has 1 heterocycles. The van der Waals surface area contributed by atoms with Gasteiger partial charge in [-0.2, -0.15) is 0 Å². The third kappa shape index (κ3) is 2.56. The van der Waals surface area contributed by atoms with Gasteiger partial charge in [-0.25, -0.2) is 9.78 Å². The van der Waals surface area contributed by atoms with Crippen molar-refractivity contribution in [2.45, 2.75) is 6.92 Å². The molecule has 1 aromatic carbocycles. The van der Waals surface area contributed by atoms with Crippen LogP contribution in [0.1, 0.15) is 17.3 Å². The average molecular weight is 282 g/mol. The zero-order valence-corrected chi connectivity index (χ0v) is 11.2. The lowest BCUT2D eigenvalue weighted by molar-refractivity contribution is 0.0697. The van der Waals surface area contributed by atoms with Gasteiger partial charge in [0, 0.05) is 11.5 Å². The lowest BCUT2D eigenvalue weighted by atomic mass is 10.1. The van der Waals surface area contributed by atoms with E-state index in [4.69, 9.17) is 26.2 Å². The Morgan fingerprint density at radius 2 is 2.11 bits per heavy atom. The summed E-state index contributed by atoms with van der Waals surface area (Å²) in [5.74, 6) is -0.0490. The molecule has 0 saturated heterocycles. The predicted octanol–water partition coefficient (Wildman–Crippen LogP) is 2.99. The van der Waals surface area contributed by atoms with Crippen LogP contribution in [0.2, 0.25) is 5.15 Å². The molecule has 1 aromatic heterocycles. The Labute approximate surface area is 114 Å². The van der Waals surface area contributed by atoms with Crippen LogP contribution in [0.25, 0.3) is 10.9 Å². The molecule has 6 heteroatoms. The van der Waals surface area contributed by atoms with E-state index in [0.717, 1.165) is 0 Å². The molecule has 1 N–H and O–H groups in total. The Morgan fingerprint density at radius 1 is 1.37 bits per heavy atom. The van der Waals surface area contributed by atoms with Crippen LogP contribution in [0.15, 0.2) is 18.2 Å². The molecule has 0 unspecified atom stereocenters. The monoisotopic (exact) mass is 281 g/mol. The molecule has 0 atom stereocenters. The van der Waals surface area contributed by atoms with E-state index in [0.29, 0.717) is 29.0 Å². The Kier molecular flexibility index (Phi) is 3.76. The van der Waals surface area contributed by atoms with Crippen molar-refractivity contribution >= 4 is 28.5 Å². The SMILES string of the molecule is CCOc1cc2cc(C(=O)O)c(Cl)nc2cc1OC. The Bertz CT molecular complexity index is 642. The van der Waals surface area contributed by atoms with Crippen molar-refractivity contribution in [2.75, 3.05) is 13.7 Å². The molecule has 0 saturated carbocycles. The van der Waals surface area contributed by atoms with Crippen molar-refractivity contribution in [1.82, 2.24) is 4.98 Å². The maximum Gasteiger partial charge on any atom is 0.338 e. The first kappa shape index (κ1) is 13.4. The van der Waals surface area contributed by atoms with Gasteiger partial charge in [0.25, 0.3) is 0 Å². The fraction of sp³-hybridized carbons (Fsp3) is 0.231. The van der Waals surface area contributed by atoms with Gasteiger partial charge in [0.1, 0.15) is 5.15 Å². The number of carboxylic acid groups (broad SMARTS) is 1. The highest BCUT2D eigenvalue weighted by Gasteiger charge is 2.14. The number of aromatic nitrogens is 1. The second kappa shape index (κ2) is 5.32. The molecule has 2 aromatic rings. The summed E-state index contributed by atoms with van der Waals surface area (Å²) in [5.41, 5.74) is 0.511. The van der Waals surface area contributed by atoms with Gasteiger partial charge in [-0.15, -0.1) is 0 Å². The van der Waals surface area contributed by atoms with Crippen LogP contribution >= 0.6 is 11.6 Å². The number of methoxy groups -OCH3 is 1. The number of rotatable bonds is 4. The Balaban J connectivity index is 2.67. The standard InChI is InChI=1S/C13H12ClNO4/c1-3-19-11-5-7-4-8(13(16)17)12(14)15-9(7)6-10(11)18-2/h4-6H,3H2,1-2H3,(H,16,17). The normalized spacial score (nSPS) is 10.5. The van der Waals surface area contributed by atoms with Crippen LogP contribution in [-0.2, 0) is 0 Å². The van der Waals surface area contributed by atoms with E-state index in [1.165, 1.54) is 13.2 Å². The van der Waals surface area contributed by atoms with Crippen LogP contribution < -0.4 is 9.47 Å². The number of carbonyl (C=O) groups is 1. The second-order valence-electron chi connectivity index (χ2n) is 3.76. The van der Waals surface area contributed by atoms with Crippen molar-refractivity contribution in [3.63, 3.8) is 0 Å². The number of pyridine rings is 1. The fourth-order valence-corrected chi connectivity index (χ4v) is 1.96. The Hall–Kier alpha value is -2.01. The summed E-state index contributed by atoms with van der Waals surface area (Å²) >= 11 is 5.83. The summed E-state index contributed by atoms with van der Waals surface area (Å²) in [4.78, 5) is 15.1. The van der Waals surface area contributed by atoms with Gasteiger partial charge in [0.2, 0.25) is 0 Å². The third-order valence-electron chi connectivity index (χ3n) is 2.58. The van der Waals surface area contributed by atoms with E-state index in [1.807, 2.05) is 6.92 Å². The number of benzene rings is 1. The number of hydrogen-bond acceptors (Lipinski definition) is 4. The van der Waals surface area contributed by atoms with Gasteiger partial charge in [0.15, 0.2) is 11.5 Å². The van der Waals surface area contributed by atoms with Crippen LogP contribution in [0.3, 0.4) is 0 Å². The third-order valence-corrected chi connectivity index (χ3v) is 2.87. The van der Waals surface area contributed by atoms with E-state index in [1.54, 1.807) is 12.1 Å². The topological polar surface area (TPSA) is 68.7 Å². The predicted molar refractivity (Wildman–Crippen MR) is 71.4 cm³/mol. The molecule has 0 radical (unpaired) electrons. The van der Waals surface area contributed by atoms with Crippen molar-refractivity contribution in [1.29, 1.82) is 0 Å². The number of fused-ring (bicyclic) bond motifs is 1. The van der Waals surface area contributed by atoms with Gasteiger partial charge in [-0.05, 0) is 19.1 Å². The molecule has 5 nitrogen and oxygen atoms in total. The molecule has 100 valence electrons. The van der Waals surface area contributed by atoms with Crippen LogP contribution in [0, 0.1) is 0 Å². The Morgan fingerprint density at radius 3 is 2.68 bits per heavy atom. The van der Waals surface area contributed by atoms with Gasteiger partial charge in [0.05, 0.1) is 24.8 Å². The van der Waals surface area contributed by atoms with E-state index in [-0.39, 0.29) is 10.7 Å². The van der Waals surface area contributed by atoms with Crippen LogP contribution in [-0.4, -0.2) is 29.8 Å². The zero-order chi connectivity index (χ0) is 14.0. The van der Waals surface area contributed by atoms with Crippen molar-refractivity contribution in [3.05, 3.63) is 28.9 Å². The van der Waals surface area contributed by atoms with Crippen molar-refractivity contribution in [3.8, 4) is 11.5 Å². The fourth-order valence-electron chi connectivity index (χ4n) is 1.74. The number of halogens is 1. The summed E-state index contributed by atoms with van der Waals surface area (Å²) in [6.45, 7) is 2.33. The summed E-state index contributed by atoms with van der Waals surface area (Å²) in [6, 6.07) is 4.82. The van der Waals surface area contributed by atoms with E-state index in [9.17, 15) is 4.79 Å². The number of hydrogen-bond donors (Lipinski definition) is 1. The summed E-state index contributed by atoms with van der Waals surface area (Å²) in [6.07, 6.45) is 0. The quantitative estimate of drug-likeness (QED) is 0.873. The number of carboxylic acids is 1. The molecule has 0 bridgehead atoms. The number of ether oxygens (including phenoxy) is 2. The minimum absolute atomic E-state index is 0.0400. The molecular weight excluding hydrogens is 270 g/mol. The van der Waals surface area contributed by atoms with E-state index in [2.05, 4.69) is 4.98 Å². The number of aromatic carboxylic acids is 1. The largest absolute Gasteiger partial charge is 0.493 e. The van der Waals surface area contributed by atoms with Gasteiger partial charge in [-0.1, -0.05) is 11.6 Å². The average Bonchev–Trinajstić information content (AvgIpc) is 2.37. The molecule has 0 fully saturated rings. The lowest BCUT2D eigenvalue weighted by Crippen LogP contribution is -2.00. The summed E-state index contributed by atoms with van der Waals surface area (Å²) in [5, 5.41) is 9.60. The minimum Gasteiger partial charge on any atom is -0.493 e. The van der Waals surface area contributed by atoms with Crippen molar-refractivity contribution < 1.29 is 19.4 Å². The highest BCUT2D eigenvalue weighted by molar-refractivity contribution is 6.32. The number of nitrogens with zero attached hydrogens (tertiary/aromatic N) is 1. The highest BCUT2D eigenvalue weighted by Crippen LogP contribution is 2.33. The summed E-state index contributed by atoms with van der Waals surface area (Å²) < 4.78 is 10.6. The van der Waals surface area contributed by atoms with Gasteiger partial charge >= 0.3 is 5.97 Å². The summed E-state index contributed by atoms with van der Waals surface area (Å²) in [7, 11) is 1.52. The first-order chi connectivity index (χ1) is 9.06. The lowest BCUT2D eigenvalue weighted by Gasteiger charge is -2.11. The smallest absolute Gasteiger partial charge is 0.338 e. The molecule has 0 aliphatic rings. The second-order valence-corrected chi connectivity index (χ2v) is 4.12. The van der Waals surface area contributed by atoms with Gasteiger partial charge in [-0.3, -0.25) is 0 Å². The van der Waals surface area contributed by atoms with Crippen molar-refractivity contribution in [2.24, 2.45) is 0 Å². The maximum atomic E-state index is 11.0. The first-order valence-corrected chi connectivity index (χ1v) is 5.99. The molecule has 0 amide bonds. The molecule has 0 spiro atoms. The minimum atomic E-state index is -1.12. The molecule has 0 aliphatic carbocycles. The zero-order valence-electron chi connectivity index (χ0n) is 10.4. The van der Waals surface area contributed by atoms with E-state index >= 15 is 0 Å². The maximum absolute atomic E-state index is 11.0. The van der Waals surface area contributed by atoms with Crippen LogP contribution in [0.4, 0.5) is 0 Å². The van der Waals surface area contributed by atoms with Crippen LogP contribution in [0.5, 0.6) is 11.5 Å². The highest BCUT2D eigenvalue weighted by atomic mass is 35.5. The molecule has 19 heavy (non-hydrogen) atoms. The van der Waals surface area contributed by atoms with Gasteiger partial charge < -0.3 is 14.6 Å². The molecular formula is C13H12ClNO4.